The van der Waals surface area contributed by atoms with Gasteiger partial charge >= 0.3 is 0 Å². The monoisotopic (exact) mass is 295 g/mol. The third-order valence-corrected chi connectivity index (χ3v) is 4.73. The van der Waals surface area contributed by atoms with Gasteiger partial charge in [-0.3, -0.25) is 0 Å². The highest BCUT2D eigenvalue weighted by molar-refractivity contribution is 7.99. The van der Waals surface area contributed by atoms with E-state index in [1.165, 1.54) is 25.0 Å². The van der Waals surface area contributed by atoms with Crippen molar-refractivity contribution in [3.8, 4) is 5.88 Å². The quantitative estimate of drug-likeness (QED) is 0.840. The van der Waals surface area contributed by atoms with E-state index in [0.29, 0.717) is 22.9 Å². The predicted molar refractivity (Wildman–Crippen MR) is 87.6 cm³/mol. The van der Waals surface area contributed by atoms with Gasteiger partial charge in [-0.05, 0) is 44.6 Å². The topological polar surface area (TPSA) is 60.2 Å². The Bertz CT molecular complexity index is 439. The number of aromatic nitrogens is 1. The smallest absolute Gasteiger partial charge is 0.239 e. The van der Waals surface area contributed by atoms with Gasteiger partial charge in [-0.25, -0.2) is 0 Å². The van der Waals surface area contributed by atoms with E-state index in [1.807, 2.05) is 37.7 Å². The summed E-state index contributed by atoms with van der Waals surface area (Å²) >= 11 is 2.04. The van der Waals surface area contributed by atoms with E-state index in [0.717, 1.165) is 5.82 Å². The third kappa shape index (κ3) is 3.95. The summed E-state index contributed by atoms with van der Waals surface area (Å²) in [6, 6.07) is 4.31. The number of pyridine rings is 1. The number of nitrogen functional groups attached to an aromatic ring is 1. The highest BCUT2D eigenvalue weighted by Crippen LogP contribution is 2.32. The maximum Gasteiger partial charge on any atom is 0.239 e. The Kier molecular flexibility index (Phi) is 5.40. The molecule has 3 N–H and O–H groups in total. The molecule has 0 amide bonds. The fourth-order valence-electron chi connectivity index (χ4n) is 2.54. The Labute approximate surface area is 125 Å². The van der Waals surface area contributed by atoms with Gasteiger partial charge in [0.15, 0.2) is 0 Å². The Morgan fingerprint density at radius 2 is 2.25 bits per heavy atom. The molecule has 1 aromatic heterocycles. The summed E-state index contributed by atoms with van der Waals surface area (Å²) in [6.45, 7) is 6.17. The first kappa shape index (κ1) is 15.3. The minimum atomic E-state index is 0.0786. The Morgan fingerprint density at radius 3 is 2.95 bits per heavy atom. The first-order valence-corrected chi connectivity index (χ1v) is 8.46. The highest BCUT2D eigenvalue weighted by atomic mass is 32.2. The second-order valence-corrected chi connectivity index (χ2v) is 6.95. The largest absolute Gasteiger partial charge is 0.473 e. The van der Waals surface area contributed by atoms with Crippen molar-refractivity contribution < 1.29 is 4.74 Å². The van der Waals surface area contributed by atoms with Crippen molar-refractivity contribution in [1.29, 1.82) is 0 Å². The lowest BCUT2D eigenvalue weighted by Gasteiger charge is -2.21. The molecule has 0 aliphatic heterocycles. The van der Waals surface area contributed by atoms with Crippen LogP contribution in [0.3, 0.4) is 0 Å². The standard InChI is InChI=1S/C15H25N3OS/c1-4-20-13-7-5-6-12(13)17-14-9-8-11(16)15(18-14)19-10(2)3/h8-10,12-13H,4-7,16H2,1-3H3,(H,17,18). The number of hydrogen-bond acceptors (Lipinski definition) is 5. The number of nitrogens with zero attached hydrogens (tertiary/aromatic N) is 1. The first-order chi connectivity index (χ1) is 9.60. The fourth-order valence-corrected chi connectivity index (χ4v) is 3.74. The highest BCUT2D eigenvalue weighted by Gasteiger charge is 2.27. The summed E-state index contributed by atoms with van der Waals surface area (Å²) in [6.07, 6.45) is 3.87. The summed E-state index contributed by atoms with van der Waals surface area (Å²) in [5.74, 6) is 2.56. The lowest BCUT2D eigenvalue weighted by molar-refractivity contribution is 0.234. The molecule has 0 aromatic carbocycles. The van der Waals surface area contributed by atoms with Gasteiger partial charge in [0, 0.05) is 11.3 Å². The van der Waals surface area contributed by atoms with Crippen molar-refractivity contribution in [1.82, 2.24) is 4.98 Å². The van der Waals surface area contributed by atoms with E-state index in [2.05, 4.69) is 17.2 Å². The normalized spacial score (nSPS) is 22.2. The van der Waals surface area contributed by atoms with E-state index >= 15 is 0 Å². The van der Waals surface area contributed by atoms with Crippen LogP contribution in [0.5, 0.6) is 5.88 Å². The van der Waals surface area contributed by atoms with Crippen LogP contribution in [0.4, 0.5) is 11.5 Å². The van der Waals surface area contributed by atoms with Gasteiger partial charge in [0.05, 0.1) is 11.8 Å². The number of hydrogen-bond donors (Lipinski definition) is 2. The summed E-state index contributed by atoms with van der Waals surface area (Å²) in [5.41, 5.74) is 6.49. The molecular weight excluding hydrogens is 270 g/mol. The van der Waals surface area contributed by atoms with Crippen molar-refractivity contribution in [2.75, 3.05) is 16.8 Å². The van der Waals surface area contributed by atoms with Crippen molar-refractivity contribution in [3.05, 3.63) is 12.1 Å². The molecule has 0 bridgehead atoms. The van der Waals surface area contributed by atoms with Gasteiger partial charge in [0.1, 0.15) is 5.82 Å². The zero-order valence-corrected chi connectivity index (χ0v) is 13.4. The lowest BCUT2D eigenvalue weighted by atomic mass is 10.2. The number of anilines is 2. The average molecular weight is 295 g/mol. The van der Waals surface area contributed by atoms with Gasteiger partial charge in [0.2, 0.25) is 5.88 Å². The Morgan fingerprint density at radius 1 is 1.45 bits per heavy atom. The van der Waals surface area contributed by atoms with Gasteiger partial charge < -0.3 is 15.8 Å². The minimum absolute atomic E-state index is 0.0786. The molecule has 1 heterocycles. The zero-order valence-electron chi connectivity index (χ0n) is 12.6. The Hall–Kier alpha value is -1.10. The van der Waals surface area contributed by atoms with E-state index in [4.69, 9.17) is 10.5 Å². The summed E-state index contributed by atoms with van der Waals surface area (Å²) in [7, 11) is 0. The van der Waals surface area contributed by atoms with E-state index in [-0.39, 0.29) is 6.10 Å². The predicted octanol–water partition coefficient (Wildman–Crippen LogP) is 3.54. The average Bonchev–Trinajstić information content (AvgIpc) is 2.81. The summed E-state index contributed by atoms with van der Waals surface area (Å²) < 4.78 is 5.64. The molecule has 20 heavy (non-hydrogen) atoms. The Balaban J connectivity index is 2.05. The third-order valence-electron chi connectivity index (χ3n) is 3.40. The maximum absolute atomic E-state index is 5.90. The summed E-state index contributed by atoms with van der Waals surface area (Å²) in [5, 5.41) is 4.24. The molecule has 5 heteroatoms. The van der Waals surface area contributed by atoms with Crippen LogP contribution in [0.1, 0.15) is 40.0 Å². The van der Waals surface area contributed by atoms with E-state index in [1.54, 1.807) is 0 Å². The second kappa shape index (κ2) is 7.07. The van der Waals surface area contributed by atoms with Gasteiger partial charge in [-0.1, -0.05) is 13.3 Å². The van der Waals surface area contributed by atoms with Crippen molar-refractivity contribution in [2.24, 2.45) is 0 Å². The van der Waals surface area contributed by atoms with E-state index in [9.17, 15) is 0 Å². The number of thioether (sulfide) groups is 1. The molecule has 4 nitrogen and oxygen atoms in total. The van der Waals surface area contributed by atoms with Crippen LogP contribution in [0.25, 0.3) is 0 Å². The number of nitrogens with two attached hydrogens (primary N) is 1. The SMILES string of the molecule is CCSC1CCCC1Nc1ccc(N)c(OC(C)C)n1. The van der Waals surface area contributed by atoms with Crippen molar-refractivity contribution >= 4 is 23.3 Å². The van der Waals surface area contributed by atoms with Crippen molar-refractivity contribution in [2.45, 2.75) is 57.4 Å². The molecule has 1 saturated carbocycles. The minimum Gasteiger partial charge on any atom is -0.473 e. The molecule has 2 rings (SSSR count). The molecule has 2 atom stereocenters. The van der Waals surface area contributed by atoms with Gasteiger partial charge in [-0.2, -0.15) is 16.7 Å². The van der Waals surface area contributed by atoms with Crippen LogP contribution in [0.15, 0.2) is 12.1 Å². The molecular formula is C15H25N3OS. The number of ether oxygens (including phenoxy) is 1. The molecule has 1 aliphatic carbocycles. The molecule has 0 radical (unpaired) electrons. The number of nitrogens with one attached hydrogen (secondary N) is 1. The molecule has 0 saturated heterocycles. The second-order valence-electron chi connectivity index (χ2n) is 5.43. The fraction of sp³-hybridized carbons (Fsp3) is 0.667. The molecule has 1 fully saturated rings. The van der Waals surface area contributed by atoms with E-state index < -0.39 is 0 Å². The number of rotatable bonds is 6. The molecule has 1 aromatic rings. The van der Waals surface area contributed by atoms with Crippen molar-refractivity contribution in [3.63, 3.8) is 0 Å². The van der Waals surface area contributed by atoms with Crippen LogP contribution in [-0.4, -0.2) is 28.1 Å². The van der Waals surface area contributed by atoms with Gasteiger partial charge in [-0.15, -0.1) is 0 Å². The van der Waals surface area contributed by atoms with Crippen LogP contribution in [-0.2, 0) is 0 Å². The first-order valence-electron chi connectivity index (χ1n) is 7.41. The maximum atomic E-state index is 5.90. The molecule has 2 unspecified atom stereocenters. The zero-order chi connectivity index (χ0) is 14.5. The van der Waals surface area contributed by atoms with Gasteiger partial charge in [0.25, 0.3) is 0 Å². The molecule has 1 aliphatic rings. The lowest BCUT2D eigenvalue weighted by Crippen LogP contribution is -2.26. The molecule has 0 spiro atoms. The molecule has 112 valence electrons. The van der Waals surface area contributed by atoms with Crippen LogP contribution >= 0.6 is 11.8 Å². The van der Waals surface area contributed by atoms with Crippen LogP contribution in [0.2, 0.25) is 0 Å². The summed E-state index contributed by atoms with van der Waals surface area (Å²) in [4.78, 5) is 4.50. The van der Waals surface area contributed by atoms with Crippen LogP contribution in [0, 0.1) is 0 Å². The van der Waals surface area contributed by atoms with Crippen LogP contribution < -0.4 is 15.8 Å².